The second-order valence-electron chi connectivity index (χ2n) is 3.28. The summed E-state index contributed by atoms with van der Waals surface area (Å²) in [6.07, 6.45) is 12.7. The maximum atomic E-state index is 3.69. The van der Waals surface area contributed by atoms with Crippen molar-refractivity contribution >= 4 is 0 Å². The third-order valence-electron chi connectivity index (χ3n) is 2.49. The molecular weight excluding hydrogens is 144 g/mol. The van der Waals surface area contributed by atoms with Crippen molar-refractivity contribution in [3.8, 4) is 0 Å². The lowest BCUT2D eigenvalue weighted by Gasteiger charge is -2.16. The van der Waals surface area contributed by atoms with Gasteiger partial charge in [0, 0.05) is 0 Å². The van der Waals surface area contributed by atoms with E-state index >= 15 is 0 Å². The molecule has 0 saturated carbocycles. The average Bonchev–Trinajstić information content (AvgIpc) is 2.15. The lowest BCUT2D eigenvalue weighted by atomic mass is 9.90. The van der Waals surface area contributed by atoms with Gasteiger partial charge in [-0.05, 0) is 37.7 Å². The Balaban J connectivity index is 2.72. The summed E-state index contributed by atoms with van der Waals surface area (Å²) in [5, 5.41) is 0. The van der Waals surface area contributed by atoms with Crippen molar-refractivity contribution in [2.45, 2.75) is 39.0 Å². The number of hydrogen-bond donors (Lipinski definition) is 0. The summed E-state index contributed by atoms with van der Waals surface area (Å²) in [7, 11) is 0. The molecule has 0 radical (unpaired) electrons. The Hall–Kier alpha value is -0.780. The van der Waals surface area contributed by atoms with E-state index in [1.165, 1.54) is 32.1 Å². The minimum absolute atomic E-state index is 1.22. The molecule has 0 aromatic rings. The van der Waals surface area contributed by atoms with E-state index in [0.29, 0.717) is 0 Å². The van der Waals surface area contributed by atoms with Crippen molar-refractivity contribution in [1.82, 2.24) is 0 Å². The SMILES string of the molecule is C=CC=CC1=C(CC)CCCC1. The van der Waals surface area contributed by atoms with Gasteiger partial charge in [0.2, 0.25) is 0 Å². The Labute approximate surface area is 75.7 Å². The molecule has 0 nitrogen and oxygen atoms in total. The molecule has 0 saturated heterocycles. The van der Waals surface area contributed by atoms with E-state index in [0.717, 1.165) is 0 Å². The predicted molar refractivity (Wildman–Crippen MR) is 55.1 cm³/mol. The molecule has 12 heavy (non-hydrogen) atoms. The van der Waals surface area contributed by atoms with Gasteiger partial charge in [-0.15, -0.1) is 0 Å². The Morgan fingerprint density at radius 1 is 1.33 bits per heavy atom. The van der Waals surface area contributed by atoms with Gasteiger partial charge >= 0.3 is 0 Å². The predicted octanol–water partition coefficient (Wildman–Crippen LogP) is 4.01. The van der Waals surface area contributed by atoms with E-state index in [4.69, 9.17) is 0 Å². The van der Waals surface area contributed by atoms with E-state index in [2.05, 4.69) is 25.7 Å². The minimum atomic E-state index is 1.22. The van der Waals surface area contributed by atoms with Gasteiger partial charge in [-0.1, -0.05) is 37.3 Å². The standard InChI is InChI=1S/C12H18/c1-3-5-8-12-10-7-6-9-11(12)4-2/h3,5,8H,1,4,6-7,9-10H2,2H3. The fourth-order valence-electron chi connectivity index (χ4n) is 1.78. The molecule has 0 unspecified atom stereocenters. The van der Waals surface area contributed by atoms with Crippen molar-refractivity contribution in [3.63, 3.8) is 0 Å². The lowest BCUT2D eigenvalue weighted by Crippen LogP contribution is -1.96. The summed E-state index contributed by atoms with van der Waals surface area (Å²) < 4.78 is 0. The summed E-state index contributed by atoms with van der Waals surface area (Å²) >= 11 is 0. The Morgan fingerprint density at radius 2 is 2.08 bits per heavy atom. The van der Waals surface area contributed by atoms with Crippen LogP contribution in [0.25, 0.3) is 0 Å². The van der Waals surface area contributed by atoms with Gasteiger partial charge in [-0.25, -0.2) is 0 Å². The zero-order valence-corrected chi connectivity index (χ0v) is 7.97. The Morgan fingerprint density at radius 3 is 2.75 bits per heavy atom. The first kappa shape index (κ1) is 9.31. The molecule has 0 heterocycles. The van der Waals surface area contributed by atoms with E-state index in [-0.39, 0.29) is 0 Å². The highest BCUT2D eigenvalue weighted by Gasteiger charge is 2.07. The van der Waals surface area contributed by atoms with Crippen LogP contribution in [-0.2, 0) is 0 Å². The van der Waals surface area contributed by atoms with Gasteiger partial charge in [0.25, 0.3) is 0 Å². The monoisotopic (exact) mass is 162 g/mol. The summed E-state index contributed by atoms with van der Waals surface area (Å²) in [4.78, 5) is 0. The Kier molecular flexibility index (Phi) is 3.86. The van der Waals surface area contributed by atoms with Gasteiger partial charge in [0.1, 0.15) is 0 Å². The number of allylic oxidation sites excluding steroid dienone is 5. The molecule has 0 aliphatic heterocycles. The quantitative estimate of drug-likeness (QED) is 0.550. The Bertz CT molecular complexity index is 206. The second-order valence-corrected chi connectivity index (χ2v) is 3.28. The highest BCUT2D eigenvalue weighted by molar-refractivity contribution is 5.29. The summed E-state index contributed by atoms with van der Waals surface area (Å²) in [5.74, 6) is 0. The van der Waals surface area contributed by atoms with Crippen molar-refractivity contribution in [3.05, 3.63) is 36.0 Å². The fourth-order valence-corrected chi connectivity index (χ4v) is 1.78. The molecule has 0 aromatic heterocycles. The third-order valence-corrected chi connectivity index (χ3v) is 2.49. The highest BCUT2D eigenvalue weighted by Crippen LogP contribution is 2.27. The van der Waals surface area contributed by atoms with E-state index in [1.54, 1.807) is 11.1 Å². The zero-order chi connectivity index (χ0) is 8.81. The van der Waals surface area contributed by atoms with Crippen molar-refractivity contribution in [2.75, 3.05) is 0 Å². The van der Waals surface area contributed by atoms with Gasteiger partial charge in [-0.2, -0.15) is 0 Å². The maximum Gasteiger partial charge on any atom is -0.0279 e. The number of rotatable bonds is 3. The molecule has 0 spiro atoms. The summed E-state index contributed by atoms with van der Waals surface area (Å²) in [5.41, 5.74) is 3.21. The van der Waals surface area contributed by atoms with Crippen molar-refractivity contribution < 1.29 is 0 Å². The fraction of sp³-hybridized carbons (Fsp3) is 0.500. The molecule has 1 rings (SSSR count). The molecule has 1 aliphatic carbocycles. The highest BCUT2D eigenvalue weighted by atomic mass is 14.1. The lowest BCUT2D eigenvalue weighted by molar-refractivity contribution is 0.666. The first-order chi connectivity index (χ1) is 5.88. The molecule has 0 fully saturated rings. The van der Waals surface area contributed by atoms with Crippen LogP contribution >= 0.6 is 0 Å². The van der Waals surface area contributed by atoms with Crippen LogP contribution in [0.5, 0.6) is 0 Å². The van der Waals surface area contributed by atoms with Gasteiger partial charge < -0.3 is 0 Å². The summed E-state index contributed by atoms with van der Waals surface area (Å²) in [6, 6.07) is 0. The molecule has 0 bridgehead atoms. The van der Waals surface area contributed by atoms with Crippen LogP contribution in [0.15, 0.2) is 36.0 Å². The van der Waals surface area contributed by atoms with E-state index in [1.807, 2.05) is 6.08 Å². The normalized spacial score (nSPS) is 18.8. The molecule has 0 N–H and O–H groups in total. The zero-order valence-electron chi connectivity index (χ0n) is 7.97. The van der Waals surface area contributed by atoms with E-state index < -0.39 is 0 Å². The average molecular weight is 162 g/mol. The first-order valence-corrected chi connectivity index (χ1v) is 4.88. The molecular formula is C12H18. The topological polar surface area (TPSA) is 0 Å². The molecule has 1 aliphatic rings. The summed E-state index contributed by atoms with van der Waals surface area (Å²) in [6.45, 7) is 5.94. The molecule has 0 amide bonds. The van der Waals surface area contributed by atoms with Crippen LogP contribution in [-0.4, -0.2) is 0 Å². The smallest absolute Gasteiger partial charge is 0.0279 e. The van der Waals surface area contributed by atoms with Crippen molar-refractivity contribution in [2.24, 2.45) is 0 Å². The van der Waals surface area contributed by atoms with Crippen molar-refractivity contribution in [1.29, 1.82) is 0 Å². The molecule has 66 valence electrons. The van der Waals surface area contributed by atoms with Gasteiger partial charge in [-0.3, -0.25) is 0 Å². The minimum Gasteiger partial charge on any atom is -0.0991 e. The molecule has 0 heteroatoms. The van der Waals surface area contributed by atoms with Crippen LogP contribution in [0, 0.1) is 0 Å². The van der Waals surface area contributed by atoms with Crippen LogP contribution in [0.4, 0.5) is 0 Å². The van der Waals surface area contributed by atoms with E-state index in [9.17, 15) is 0 Å². The maximum absolute atomic E-state index is 3.69. The second kappa shape index (κ2) is 4.97. The molecule has 0 aromatic carbocycles. The van der Waals surface area contributed by atoms with Crippen LogP contribution < -0.4 is 0 Å². The first-order valence-electron chi connectivity index (χ1n) is 4.88. The van der Waals surface area contributed by atoms with Crippen LogP contribution in [0.2, 0.25) is 0 Å². The van der Waals surface area contributed by atoms with Crippen LogP contribution in [0.1, 0.15) is 39.0 Å². The van der Waals surface area contributed by atoms with Gasteiger partial charge in [0.05, 0.1) is 0 Å². The largest absolute Gasteiger partial charge is 0.0991 e. The van der Waals surface area contributed by atoms with Gasteiger partial charge in [0.15, 0.2) is 0 Å². The third kappa shape index (κ3) is 2.37. The number of hydrogen-bond acceptors (Lipinski definition) is 0. The van der Waals surface area contributed by atoms with Crippen LogP contribution in [0.3, 0.4) is 0 Å². The molecule has 0 atom stereocenters.